The van der Waals surface area contributed by atoms with E-state index < -0.39 is 28.5 Å². The van der Waals surface area contributed by atoms with E-state index in [9.17, 15) is 18.0 Å². The van der Waals surface area contributed by atoms with Gasteiger partial charge < -0.3 is 19.7 Å². The lowest BCUT2D eigenvalue weighted by molar-refractivity contribution is -0.140. The Labute approximate surface area is 259 Å². The van der Waals surface area contributed by atoms with Crippen LogP contribution in [0.5, 0.6) is 17.2 Å². The normalized spacial score (nSPS) is 11.7. The summed E-state index contributed by atoms with van der Waals surface area (Å²) in [6.07, 6.45) is 0.332. The van der Waals surface area contributed by atoms with E-state index in [2.05, 4.69) is 5.32 Å². The Morgan fingerprint density at radius 1 is 0.795 bits per heavy atom. The second kappa shape index (κ2) is 15.1. The van der Waals surface area contributed by atoms with Crippen LogP contribution < -0.4 is 19.1 Å². The van der Waals surface area contributed by atoms with Crippen molar-refractivity contribution in [1.29, 1.82) is 0 Å². The molecule has 0 unspecified atom stereocenters. The summed E-state index contributed by atoms with van der Waals surface area (Å²) in [5.41, 5.74) is 1.01. The molecule has 0 saturated heterocycles. The van der Waals surface area contributed by atoms with E-state index in [1.54, 1.807) is 74.7 Å². The van der Waals surface area contributed by atoms with Crippen molar-refractivity contribution < 1.29 is 27.5 Å². The number of para-hydroxylation sites is 1. The predicted octanol–water partition coefficient (Wildman–Crippen LogP) is 5.63. The van der Waals surface area contributed by atoms with Gasteiger partial charge >= 0.3 is 0 Å². The number of nitrogens with one attached hydrogen (secondary N) is 1. The first kappa shape index (κ1) is 32.1. The van der Waals surface area contributed by atoms with Crippen molar-refractivity contribution in [3.8, 4) is 17.2 Å². The molecular weight excluding hydrogens is 578 g/mol. The topological polar surface area (TPSA) is 105 Å². The molecule has 4 rings (SSSR count). The van der Waals surface area contributed by atoms with Crippen molar-refractivity contribution in [2.24, 2.45) is 0 Å². The molecule has 0 aliphatic rings. The van der Waals surface area contributed by atoms with E-state index in [0.29, 0.717) is 30.2 Å². The van der Waals surface area contributed by atoms with Crippen molar-refractivity contribution in [3.05, 3.63) is 115 Å². The summed E-state index contributed by atoms with van der Waals surface area (Å²) < 4.78 is 40.3. The molecule has 2 amide bonds. The molecule has 9 nitrogen and oxygen atoms in total. The first-order chi connectivity index (χ1) is 21.3. The Morgan fingerprint density at radius 3 is 2.02 bits per heavy atom. The third-order valence-electron chi connectivity index (χ3n) is 6.94. The summed E-state index contributed by atoms with van der Waals surface area (Å²) in [5, 5.41) is 2.80. The SMILES string of the molecule is CCNC(=O)[C@@H](CC)N(Cc1cccc(OC)c1)C(=O)CN(c1ccc(Oc2ccccc2)cc1)S(=O)(=O)c1ccccc1. The number of carbonyl (C=O) groups excluding carboxylic acids is 2. The van der Waals surface area contributed by atoms with Gasteiger partial charge in [-0.3, -0.25) is 13.9 Å². The molecule has 0 aromatic heterocycles. The van der Waals surface area contributed by atoms with Crippen molar-refractivity contribution in [2.75, 3.05) is 24.5 Å². The van der Waals surface area contributed by atoms with Gasteiger partial charge in [0.15, 0.2) is 0 Å². The molecule has 1 N–H and O–H groups in total. The van der Waals surface area contributed by atoms with E-state index in [-0.39, 0.29) is 23.0 Å². The predicted molar refractivity (Wildman–Crippen MR) is 170 cm³/mol. The quantitative estimate of drug-likeness (QED) is 0.197. The molecular formula is C34H37N3O6S. The zero-order valence-corrected chi connectivity index (χ0v) is 25.9. The summed E-state index contributed by atoms with van der Waals surface area (Å²) in [4.78, 5) is 28.8. The first-order valence-corrected chi connectivity index (χ1v) is 15.8. The standard InChI is InChI=1S/C34H37N3O6S/c1-4-32(34(39)35-5-2)36(24-26-13-12-16-30(23-26)42-3)33(38)25-37(44(40,41)31-17-10-7-11-18-31)27-19-21-29(22-20-27)43-28-14-8-6-9-15-28/h6-23,32H,4-5,24-25H2,1-3H3,(H,35,39)/t32-/m1/s1. The highest BCUT2D eigenvalue weighted by molar-refractivity contribution is 7.92. The number of likely N-dealkylation sites (N-methyl/N-ethyl adjacent to an activating group) is 1. The second-order valence-electron chi connectivity index (χ2n) is 9.93. The molecule has 0 saturated carbocycles. The van der Waals surface area contributed by atoms with Gasteiger partial charge in [-0.25, -0.2) is 8.42 Å². The fourth-order valence-electron chi connectivity index (χ4n) is 4.73. The van der Waals surface area contributed by atoms with Gasteiger partial charge in [-0.1, -0.05) is 55.5 Å². The lowest BCUT2D eigenvalue weighted by Crippen LogP contribution is -2.52. The first-order valence-electron chi connectivity index (χ1n) is 14.4. The van der Waals surface area contributed by atoms with E-state index >= 15 is 0 Å². The summed E-state index contributed by atoms with van der Waals surface area (Å²) in [7, 11) is -2.63. The molecule has 0 aliphatic heterocycles. The van der Waals surface area contributed by atoms with Gasteiger partial charge in [-0.2, -0.15) is 0 Å². The number of hydrogen-bond acceptors (Lipinski definition) is 6. The molecule has 4 aromatic rings. The third-order valence-corrected chi connectivity index (χ3v) is 8.73. The summed E-state index contributed by atoms with van der Waals surface area (Å²) >= 11 is 0. The number of sulfonamides is 1. The Kier molecular flexibility index (Phi) is 11.0. The monoisotopic (exact) mass is 615 g/mol. The van der Waals surface area contributed by atoms with Crippen LogP contribution in [0.4, 0.5) is 5.69 Å². The zero-order chi connectivity index (χ0) is 31.5. The molecule has 4 aromatic carbocycles. The average Bonchev–Trinajstić information content (AvgIpc) is 3.05. The lowest BCUT2D eigenvalue weighted by atomic mass is 10.1. The molecule has 0 spiro atoms. The van der Waals surface area contributed by atoms with Crippen LogP contribution >= 0.6 is 0 Å². The number of rotatable bonds is 14. The molecule has 0 heterocycles. The van der Waals surface area contributed by atoms with Gasteiger partial charge in [0.1, 0.15) is 29.8 Å². The molecule has 230 valence electrons. The highest BCUT2D eigenvalue weighted by Crippen LogP contribution is 2.29. The third kappa shape index (κ3) is 7.96. The maximum atomic E-state index is 14.2. The largest absolute Gasteiger partial charge is 0.497 e. The van der Waals surface area contributed by atoms with Crippen molar-refractivity contribution in [2.45, 2.75) is 37.8 Å². The number of methoxy groups -OCH3 is 1. The van der Waals surface area contributed by atoms with E-state index in [4.69, 9.17) is 9.47 Å². The number of ether oxygens (including phenoxy) is 2. The van der Waals surface area contributed by atoms with Crippen LogP contribution in [0.3, 0.4) is 0 Å². The highest BCUT2D eigenvalue weighted by Gasteiger charge is 2.33. The van der Waals surface area contributed by atoms with Gasteiger partial charge in [0.05, 0.1) is 17.7 Å². The van der Waals surface area contributed by atoms with Gasteiger partial charge in [0.2, 0.25) is 11.8 Å². The summed E-state index contributed by atoms with van der Waals surface area (Å²) in [5.74, 6) is 0.895. The van der Waals surface area contributed by atoms with Crippen LogP contribution in [0.15, 0.2) is 114 Å². The van der Waals surface area contributed by atoms with Crippen LogP contribution in [0.2, 0.25) is 0 Å². The summed E-state index contributed by atoms with van der Waals surface area (Å²) in [6, 6.07) is 30.0. The van der Waals surface area contributed by atoms with Crippen molar-refractivity contribution in [1.82, 2.24) is 10.2 Å². The number of benzene rings is 4. The molecule has 0 radical (unpaired) electrons. The Morgan fingerprint density at radius 2 is 1.41 bits per heavy atom. The van der Waals surface area contributed by atoms with E-state index in [0.717, 1.165) is 9.87 Å². The molecule has 1 atom stereocenters. The number of amides is 2. The molecule has 10 heteroatoms. The Bertz CT molecular complexity index is 1630. The van der Waals surface area contributed by atoms with Crippen LogP contribution in [0.1, 0.15) is 25.8 Å². The minimum absolute atomic E-state index is 0.0347. The molecule has 0 fully saturated rings. The fourth-order valence-corrected chi connectivity index (χ4v) is 6.17. The van der Waals surface area contributed by atoms with Gasteiger partial charge in [-0.05, 0) is 79.6 Å². The van der Waals surface area contributed by atoms with E-state index in [1.807, 2.05) is 43.3 Å². The van der Waals surface area contributed by atoms with Crippen LogP contribution in [0.25, 0.3) is 0 Å². The minimum atomic E-state index is -4.18. The number of anilines is 1. The average molecular weight is 616 g/mol. The smallest absolute Gasteiger partial charge is 0.264 e. The summed E-state index contributed by atoms with van der Waals surface area (Å²) in [6.45, 7) is 3.56. The zero-order valence-electron chi connectivity index (χ0n) is 25.1. The van der Waals surface area contributed by atoms with E-state index in [1.165, 1.54) is 17.0 Å². The van der Waals surface area contributed by atoms with Crippen molar-refractivity contribution in [3.63, 3.8) is 0 Å². The molecule has 44 heavy (non-hydrogen) atoms. The molecule has 0 aliphatic carbocycles. The lowest BCUT2D eigenvalue weighted by Gasteiger charge is -2.33. The van der Waals surface area contributed by atoms with Gasteiger partial charge in [0, 0.05) is 13.1 Å². The second-order valence-corrected chi connectivity index (χ2v) is 11.8. The van der Waals surface area contributed by atoms with Crippen molar-refractivity contribution >= 4 is 27.5 Å². The Balaban J connectivity index is 1.71. The van der Waals surface area contributed by atoms with Crippen LogP contribution in [0, 0.1) is 0 Å². The Hall–Kier alpha value is -4.83. The van der Waals surface area contributed by atoms with Gasteiger partial charge in [0.25, 0.3) is 10.0 Å². The maximum Gasteiger partial charge on any atom is 0.264 e. The minimum Gasteiger partial charge on any atom is -0.497 e. The van der Waals surface area contributed by atoms with Crippen LogP contribution in [-0.2, 0) is 26.2 Å². The van der Waals surface area contributed by atoms with Crippen LogP contribution in [-0.4, -0.2) is 51.4 Å². The fraction of sp³-hybridized carbons (Fsp3) is 0.235. The van der Waals surface area contributed by atoms with Gasteiger partial charge in [-0.15, -0.1) is 0 Å². The maximum absolute atomic E-state index is 14.2. The molecule has 0 bridgehead atoms. The number of hydrogen-bond donors (Lipinski definition) is 1. The number of nitrogens with zero attached hydrogens (tertiary/aromatic N) is 2. The number of carbonyl (C=O) groups is 2. The highest BCUT2D eigenvalue weighted by atomic mass is 32.2.